The summed E-state index contributed by atoms with van der Waals surface area (Å²) in [5.74, 6) is 0.660. The van der Waals surface area contributed by atoms with Crippen molar-refractivity contribution in [2.75, 3.05) is 25.0 Å². The molecule has 0 amide bonds. The van der Waals surface area contributed by atoms with Gasteiger partial charge in [-0.15, -0.1) is 0 Å². The predicted octanol–water partition coefficient (Wildman–Crippen LogP) is 3.14. The summed E-state index contributed by atoms with van der Waals surface area (Å²) in [5, 5.41) is 0.784. The molecule has 0 aromatic heterocycles. The summed E-state index contributed by atoms with van der Waals surface area (Å²) in [6.07, 6.45) is 2.81. The Balaban J connectivity index is 2.25. The van der Waals surface area contributed by atoms with E-state index in [9.17, 15) is 8.78 Å². The van der Waals surface area contributed by atoms with Crippen molar-refractivity contribution in [1.82, 2.24) is 4.90 Å². The van der Waals surface area contributed by atoms with Crippen molar-refractivity contribution in [3.63, 3.8) is 0 Å². The summed E-state index contributed by atoms with van der Waals surface area (Å²) in [7, 11) is 0. The van der Waals surface area contributed by atoms with E-state index in [1.54, 1.807) is 0 Å². The molecule has 0 unspecified atom stereocenters. The van der Waals surface area contributed by atoms with E-state index in [0.717, 1.165) is 18.4 Å². The van der Waals surface area contributed by atoms with E-state index in [4.69, 9.17) is 0 Å². The molecule has 84 valence electrons. The quantitative estimate of drug-likeness (QED) is 0.670. The van der Waals surface area contributed by atoms with Crippen molar-refractivity contribution in [2.24, 2.45) is 5.92 Å². The van der Waals surface area contributed by atoms with Crippen LogP contribution in [0.3, 0.4) is 0 Å². The van der Waals surface area contributed by atoms with Crippen LogP contribution in [0.5, 0.6) is 0 Å². The lowest BCUT2D eigenvalue weighted by Gasteiger charge is -2.24. The van der Waals surface area contributed by atoms with Crippen LogP contribution in [0.1, 0.15) is 25.7 Å². The Labute approximate surface area is 93.0 Å². The monoisotopic (exact) mass is 269 g/mol. The molecule has 0 aromatic rings. The van der Waals surface area contributed by atoms with Crippen molar-refractivity contribution >= 4 is 15.9 Å². The van der Waals surface area contributed by atoms with Crippen LogP contribution in [0.2, 0.25) is 0 Å². The summed E-state index contributed by atoms with van der Waals surface area (Å²) < 4.78 is 24.5. The largest absolute Gasteiger partial charge is 0.297 e. The zero-order valence-electron chi connectivity index (χ0n) is 8.39. The molecule has 1 nitrogen and oxygen atoms in total. The van der Waals surface area contributed by atoms with Crippen molar-refractivity contribution in [3.8, 4) is 0 Å². The fourth-order valence-corrected chi connectivity index (χ4v) is 2.63. The highest BCUT2D eigenvalue weighted by Gasteiger charge is 2.20. The van der Waals surface area contributed by atoms with Crippen LogP contribution in [0, 0.1) is 5.92 Å². The van der Waals surface area contributed by atoms with Gasteiger partial charge in [0, 0.05) is 18.4 Å². The van der Waals surface area contributed by atoms with E-state index >= 15 is 0 Å². The summed E-state index contributed by atoms with van der Waals surface area (Å²) in [4.78, 5) is 1.88. The molecule has 0 aromatic carbocycles. The Hall–Kier alpha value is 0.300. The average molecular weight is 270 g/mol. The topological polar surface area (TPSA) is 3.24 Å². The molecule has 0 saturated heterocycles. The highest BCUT2D eigenvalue weighted by molar-refractivity contribution is 9.09. The van der Waals surface area contributed by atoms with Gasteiger partial charge >= 0.3 is 0 Å². The first kappa shape index (κ1) is 12.4. The maximum Gasteiger partial charge on any atom is 0.251 e. The first-order chi connectivity index (χ1) is 6.72. The van der Waals surface area contributed by atoms with Gasteiger partial charge in [-0.3, -0.25) is 4.90 Å². The molecule has 0 bridgehead atoms. The second-order valence-corrected chi connectivity index (χ2v) is 4.78. The molecular weight excluding hydrogens is 252 g/mol. The highest BCUT2D eigenvalue weighted by atomic mass is 79.9. The third-order valence-corrected chi connectivity index (χ3v) is 3.14. The number of halogens is 3. The predicted molar refractivity (Wildman–Crippen MR) is 58.2 cm³/mol. The van der Waals surface area contributed by atoms with Crippen molar-refractivity contribution in [1.29, 1.82) is 0 Å². The van der Waals surface area contributed by atoms with Gasteiger partial charge in [0.25, 0.3) is 6.43 Å². The van der Waals surface area contributed by atoms with E-state index in [1.165, 1.54) is 25.7 Å². The van der Waals surface area contributed by atoms with Crippen molar-refractivity contribution in [3.05, 3.63) is 0 Å². The van der Waals surface area contributed by atoms with Gasteiger partial charge in [0.1, 0.15) is 0 Å². The van der Waals surface area contributed by atoms with Gasteiger partial charge in [0.2, 0.25) is 0 Å². The lowest BCUT2D eigenvalue weighted by Crippen LogP contribution is -2.34. The summed E-state index contributed by atoms with van der Waals surface area (Å²) in [6, 6.07) is 0. The van der Waals surface area contributed by atoms with E-state index < -0.39 is 6.43 Å². The molecule has 1 saturated carbocycles. The van der Waals surface area contributed by atoms with Crippen molar-refractivity contribution < 1.29 is 8.78 Å². The lowest BCUT2D eigenvalue weighted by atomic mass is 10.1. The molecule has 0 radical (unpaired) electrons. The van der Waals surface area contributed by atoms with Crippen LogP contribution in [-0.4, -0.2) is 36.3 Å². The third kappa shape index (κ3) is 4.69. The molecular formula is C10H18BrF2N. The SMILES string of the molecule is FC(F)CN(CCBr)CC1CCCC1. The second kappa shape index (κ2) is 6.72. The Morgan fingerprint density at radius 2 is 1.93 bits per heavy atom. The van der Waals surface area contributed by atoms with Gasteiger partial charge in [-0.25, -0.2) is 8.78 Å². The number of rotatable bonds is 6. The second-order valence-electron chi connectivity index (χ2n) is 3.99. The fourth-order valence-electron chi connectivity index (χ4n) is 2.13. The molecule has 0 heterocycles. The maximum atomic E-state index is 12.2. The first-order valence-corrected chi connectivity index (χ1v) is 6.41. The number of hydrogen-bond acceptors (Lipinski definition) is 1. The smallest absolute Gasteiger partial charge is 0.251 e. The van der Waals surface area contributed by atoms with E-state index in [1.807, 2.05) is 4.90 Å². The number of hydrogen-bond donors (Lipinski definition) is 0. The summed E-state index contributed by atoms with van der Waals surface area (Å²) in [5.41, 5.74) is 0. The average Bonchev–Trinajstić information content (AvgIpc) is 2.56. The Morgan fingerprint density at radius 3 is 2.43 bits per heavy atom. The van der Waals surface area contributed by atoms with E-state index in [0.29, 0.717) is 5.92 Å². The van der Waals surface area contributed by atoms with E-state index in [2.05, 4.69) is 15.9 Å². The van der Waals surface area contributed by atoms with Gasteiger partial charge < -0.3 is 0 Å². The minimum Gasteiger partial charge on any atom is -0.297 e. The molecule has 4 heteroatoms. The summed E-state index contributed by atoms with van der Waals surface area (Å²) in [6.45, 7) is 1.53. The normalized spacial score (nSPS) is 18.6. The van der Waals surface area contributed by atoms with Gasteiger partial charge in [-0.05, 0) is 18.8 Å². The highest BCUT2D eigenvalue weighted by Crippen LogP contribution is 2.25. The molecule has 0 spiro atoms. The van der Waals surface area contributed by atoms with Crippen LogP contribution in [0.15, 0.2) is 0 Å². The molecule has 1 aliphatic carbocycles. The maximum absolute atomic E-state index is 12.2. The fraction of sp³-hybridized carbons (Fsp3) is 1.00. The summed E-state index contributed by atoms with van der Waals surface area (Å²) >= 11 is 3.30. The van der Waals surface area contributed by atoms with Gasteiger partial charge in [-0.2, -0.15) is 0 Å². The van der Waals surface area contributed by atoms with Gasteiger partial charge in [0.15, 0.2) is 0 Å². The Kier molecular flexibility index (Phi) is 5.94. The van der Waals surface area contributed by atoms with Crippen LogP contribution in [-0.2, 0) is 0 Å². The zero-order valence-corrected chi connectivity index (χ0v) is 9.98. The van der Waals surface area contributed by atoms with Gasteiger partial charge in [-0.1, -0.05) is 28.8 Å². The number of nitrogens with zero attached hydrogens (tertiary/aromatic N) is 1. The molecule has 1 rings (SSSR count). The molecule has 0 N–H and O–H groups in total. The van der Waals surface area contributed by atoms with Crippen LogP contribution < -0.4 is 0 Å². The zero-order chi connectivity index (χ0) is 10.4. The van der Waals surface area contributed by atoms with Gasteiger partial charge in [0.05, 0.1) is 6.54 Å². The van der Waals surface area contributed by atoms with E-state index in [-0.39, 0.29) is 6.54 Å². The van der Waals surface area contributed by atoms with Crippen LogP contribution in [0.4, 0.5) is 8.78 Å². The first-order valence-electron chi connectivity index (χ1n) is 5.29. The molecule has 14 heavy (non-hydrogen) atoms. The lowest BCUT2D eigenvalue weighted by molar-refractivity contribution is 0.0838. The minimum absolute atomic E-state index is 0.0674. The molecule has 0 aliphatic heterocycles. The van der Waals surface area contributed by atoms with Crippen LogP contribution >= 0.6 is 15.9 Å². The minimum atomic E-state index is -2.20. The van der Waals surface area contributed by atoms with Crippen LogP contribution in [0.25, 0.3) is 0 Å². The molecule has 0 atom stereocenters. The Bertz CT molecular complexity index is 149. The Morgan fingerprint density at radius 1 is 1.29 bits per heavy atom. The standard InChI is InChI=1S/C10H18BrF2N/c11-5-6-14(8-10(12)13)7-9-3-1-2-4-9/h9-10H,1-8H2. The molecule has 1 aliphatic rings. The number of alkyl halides is 3. The van der Waals surface area contributed by atoms with Crippen molar-refractivity contribution in [2.45, 2.75) is 32.1 Å². The third-order valence-electron chi connectivity index (χ3n) is 2.79. The molecule has 1 fully saturated rings.